The van der Waals surface area contributed by atoms with Crippen molar-refractivity contribution in [2.45, 2.75) is 31.2 Å². The fourth-order valence-corrected chi connectivity index (χ4v) is 2.04. The summed E-state index contributed by atoms with van der Waals surface area (Å²) in [5.41, 5.74) is 5.42. The molecular weight excluding hydrogens is 269 g/mol. The van der Waals surface area contributed by atoms with Gasteiger partial charge in [-0.2, -0.15) is 0 Å². The molecule has 0 saturated heterocycles. The van der Waals surface area contributed by atoms with Gasteiger partial charge in [0.15, 0.2) is 0 Å². The third kappa shape index (κ3) is 3.65. The summed E-state index contributed by atoms with van der Waals surface area (Å²) in [5, 5.41) is 7.96. The number of sulfonamides is 1. The smallest absolute Gasteiger partial charge is 0.238 e. The molecule has 0 aliphatic heterocycles. The molecule has 19 heavy (non-hydrogen) atoms. The Kier molecular flexibility index (Phi) is 4.54. The van der Waals surface area contributed by atoms with Crippen molar-refractivity contribution < 1.29 is 12.8 Å². The molecule has 7 heteroatoms. The standard InChI is InChI=1S/C12H20FN3O2S/c1-8(2)12(3,7-14)16-11-5-4-9(6-10(11)13)19(15,17)18/h4-6,8,16H,7,14H2,1-3H3,(H2,15,17,18). The summed E-state index contributed by atoms with van der Waals surface area (Å²) >= 11 is 0. The van der Waals surface area contributed by atoms with Crippen LogP contribution in [-0.4, -0.2) is 20.5 Å². The third-order valence-corrected chi connectivity index (χ3v) is 4.30. The van der Waals surface area contributed by atoms with Crippen LogP contribution in [0.2, 0.25) is 0 Å². The molecule has 0 saturated carbocycles. The topological polar surface area (TPSA) is 98.2 Å². The Labute approximate surface area is 113 Å². The van der Waals surface area contributed by atoms with Crippen molar-refractivity contribution in [2.75, 3.05) is 11.9 Å². The van der Waals surface area contributed by atoms with Crippen molar-refractivity contribution >= 4 is 15.7 Å². The average Bonchev–Trinajstić information content (AvgIpc) is 2.30. The molecule has 1 rings (SSSR count). The summed E-state index contributed by atoms with van der Waals surface area (Å²) < 4.78 is 36.1. The van der Waals surface area contributed by atoms with E-state index in [1.165, 1.54) is 12.1 Å². The van der Waals surface area contributed by atoms with Crippen LogP contribution < -0.4 is 16.2 Å². The van der Waals surface area contributed by atoms with Gasteiger partial charge in [0.2, 0.25) is 10.0 Å². The first-order valence-corrected chi connectivity index (χ1v) is 7.45. The second-order valence-corrected chi connectivity index (χ2v) is 6.65. The van der Waals surface area contributed by atoms with Crippen LogP contribution in [0.3, 0.4) is 0 Å². The first-order valence-electron chi connectivity index (χ1n) is 5.91. The van der Waals surface area contributed by atoms with Crippen LogP contribution in [0.15, 0.2) is 23.1 Å². The molecule has 5 N–H and O–H groups in total. The number of nitrogens with two attached hydrogens (primary N) is 2. The van der Waals surface area contributed by atoms with Gasteiger partial charge in [0.1, 0.15) is 5.82 Å². The van der Waals surface area contributed by atoms with Gasteiger partial charge >= 0.3 is 0 Å². The predicted octanol–water partition coefficient (Wildman–Crippen LogP) is 1.26. The lowest BCUT2D eigenvalue weighted by Crippen LogP contribution is -2.47. The molecule has 1 unspecified atom stereocenters. The van der Waals surface area contributed by atoms with E-state index in [4.69, 9.17) is 10.9 Å². The lowest BCUT2D eigenvalue weighted by atomic mass is 9.88. The zero-order valence-electron chi connectivity index (χ0n) is 11.3. The molecule has 0 aliphatic carbocycles. The van der Waals surface area contributed by atoms with Gasteiger partial charge in [-0.15, -0.1) is 0 Å². The highest BCUT2D eigenvalue weighted by molar-refractivity contribution is 7.89. The fraction of sp³-hybridized carbons (Fsp3) is 0.500. The summed E-state index contributed by atoms with van der Waals surface area (Å²) in [6.45, 7) is 6.14. The van der Waals surface area contributed by atoms with Crippen LogP contribution in [0.4, 0.5) is 10.1 Å². The minimum atomic E-state index is -3.90. The monoisotopic (exact) mass is 289 g/mol. The molecule has 0 bridgehead atoms. The van der Waals surface area contributed by atoms with Crippen LogP contribution in [-0.2, 0) is 10.0 Å². The van der Waals surface area contributed by atoms with Crippen LogP contribution in [0.1, 0.15) is 20.8 Å². The zero-order valence-corrected chi connectivity index (χ0v) is 12.1. The molecule has 0 amide bonds. The number of primary sulfonamides is 1. The molecule has 0 spiro atoms. The van der Waals surface area contributed by atoms with E-state index in [1.54, 1.807) is 0 Å². The number of nitrogens with one attached hydrogen (secondary N) is 1. The van der Waals surface area contributed by atoms with Gasteiger partial charge < -0.3 is 11.1 Å². The fourth-order valence-electron chi connectivity index (χ4n) is 1.51. The van der Waals surface area contributed by atoms with Gasteiger partial charge in [-0.3, -0.25) is 0 Å². The van der Waals surface area contributed by atoms with E-state index in [9.17, 15) is 12.8 Å². The minimum absolute atomic E-state index is 0.176. The number of rotatable bonds is 5. The van der Waals surface area contributed by atoms with E-state index in [0.717, 1.165) is 6.07 Å². The van der Waals surface area contributed by atoms with Crippen LogP contribution in [0, 0.1) is 11.7 Å². The van der Waals surface area contributed by atoms with Crippen molar-refractivity contribution in [1.29, 1.82) is 0 Å². The summed E-state index contributed by atoms with van der Waals surface area (Å²) in [5.74, 6) is -0.498. The van der Waals surface area contributed by atoms with E-state index in [0.29, 0.717) is 6.54 Å². The Balaban J connectivity index is 3.11. The van der Waals surface area contributed by atoms with Crippen LogP contribution >= 0.6 is 0 Å². The number of benzene rings is 1. The van der Waals surface area contributed by atoms with Gasteiger partial charge in [-0.25, -0.2) is 17.9 Å². The van der Waals surface area contributed by atoms with E-state index < -0.39 is 21.4 Å². The van der Waals surface area contributed by atoms with E-state index in [-0.39, 0.29) is 16.5 Å². The highest BCUT2D eigenvalue weighted by Gasteiger charge is 2.27. The van der Waals surface area contributed by atoms with E-state index >= 15 is 0 Å². The van der Waals surface area contributed by atoms with E-state index in [2.05, 4.69) is 5.32 Å². The molecule has 1 aromatic carbocycles. The Hall–Kier alpha value is -1.18. The molecule has 0 fully saturated rings. The zero-order chi connectivity index (χ0) is 14.8. The summed E-state index contributed by atoms with van der Waals surface area (Å²) in [7, 11) is -3.90. The van der Waals surface area contributed by atoms with Crippen LogP contribution in [0.25, 0.3) is 0 Å². The second-order valence-electron chi connectivity index (χ2n) is 5.09. The first kappa shape index (κ1) is 15.9. The molecular formula is C12H20FN3O2S. The second kappa shape index (κ2) is 5.44. The lowest BCUT2D eigenvalue weighted by molar-refractivity contribution is 0.380. The molecule has 0 aromatic heterocycles. The van der Waals surface area contributed by atoms with Crippen molar-refractivity contribution in [3.05, 3.63) is 24.0 Å². The normalized spacial score (nSPS) is 15.3. The first-order chi connectivity index (χ1) is 8.60. The highest BCUT2D eigenvalue weighted by atomic mass is 32.2. The maximum absolute atomic E-state index is 13.9. The largest absolute Gasteiger partial charge is 0.376 e. The highest BCUT2D eigenvalue weighted by Crippen LogP contribution is 2.25. The lowest BCUT2D eigenvalue weighted by Gasteiger charge is -2.34. The molecule has 0 heterocycles. The van der Waals surface area contributed by atoms with Gasteiger partial charge in [-0.1, -0.05) is 13.8 Å². The molecule has 5 nitrogen and oxygen atoms in total. The minimum Gasteiger partial charge on any atom is -0.376 e. The average molecular weight is 289 g/mol. The number of anilines is 1. The van der Waals surface area contributed by atoms with Gasteiger partial charge in [0.25, 0.3) is 0 Å². The van der Waals surface area contributed by atoms with E-state index in [1.807, 2.05) is 20.8 Å². The molecule has 1 aromatic rings. The molecule has 108 valence electrons. The van der Waals surface area contributed by atoms with Crippen molar-refractivity contribution in [1.82, 2.24) is 0 Å². The summed E-state index contributed by atoms with van der Waals surface area (Å²) in [4.78, 5) is -0.255. The van der Waals surface area contributed by atoms with Gasteiger partial charge in [0, 0.05) is 12.1 Å². The predicted molar refractivity (Wildman–Crippen MR) is 73.7 cm³/mol. The Morgan fingerprint density at radius 2 is 2.00 bits per heavy atom. The maximum Gasteiger partial charge on any atom is 0.238 e. The Morgan fingerprint density at radius 3 is 2.37 bits per heavy atom. The van der Waals surface area contributed by atoms with Gasteiger partial charge in [-0.05, 0) is 31.0 Å². The number of hydrogen-bond acceptors (Lipinski definition) is 4. The number of hydrogen-bond donors (Lipinski definition) is 3. The van der Waals surface area contributed by atoms with Crippen molar-refractivity contribution in [3.63, 3.8) is 0 Å². The Bertz CT molecular complexity index is 560. The summed E-state index contributed by atoms with van der Waals surface area (Å²) in [6.07, 6.45) is 0. The summed E-state index contributed by atoms with van der Waals surface area (Å²) in [6, 6.07) is 3.51. The van der Waals surface area contributed by atoms with Gasteiger partial charge in [0.05, 0.1) is 10.6 Å². The maximum atomic E-state index is 13.9. The number of halogens is 1. The quantitative estimate of drug-likeness (QED) is 0.760. The SMILES string of the molecule is CC(C)C(C)(CN)Nc1ccc(S(N)(=O)=O)cc1F. The van der Waals surface area contributed by atoms with Crippen LogP contribution in [0.5, 0.6) is 0 Å². The molecule has 0 radical (unpaired) electrons. The van der Waals surface area contributed by atoms with Crippen molar-refractivity contribution in [2.24, 2.45) is 16.8 Å². The third-order valence-electron chi connectivity index (χ3n) is 3.39. The Morgan fingerprint density at radius 1 is 1.42 bits per heavy atom. The molecule has 1 atom stereocenters. The van der Waals surface area contributed by atoms with Crippen molar-refractivity contribution in [3.8, 4) is 0 Å². The molecule has 0 aliphatic rings.